The second kappa shape index (κ2) is 3.88. The molecule has 0 aliphatic heterocycles. The second-order valence-corrected chi connectivity index (χ2v) is 3.87. The Bertz CT molecular complexity index is 515. The van der Waals surface area contributed by atoms with Gasteiger partial charge in [0, 0.05) is 0 Å². The average Bonchev–Trinajstić information content (AvgIpc) is 2.14. The van der Waals surface area contributed by atoms with E-state index in [0.717, 1.165) is 0 Å². The van der Waals surface area contributed by atoms with Crippen LogP contribution in [0.1, 0.15) is 0 Å². The Morgan fingerprint density at radius 3 is 1.62 bits per heavy atom. The summed E-state index contributed by atoms with van der Waals surface area (Å²) in [7, 11) is -5.46. The Morgan fingerprint density at radius 1 is 1.00 bits per heavy atom. The molecule has 0 spiro atoms. The van der Waals surface area contributed by atoms with Crippen LogP contribution in [0.25, 0.3) is 0 Å². The molecule has 0 atom stereocenters. The van der Waals surface area contributed by atoms with E-state index in [1.807, 2.05) is 0 Å². The monoisotopic (exact) mass is 261 g/mol. The highest BCUT2D eigenvalue weighted by atomic mass is 32.2. The maximum Gasteiger partial charge on any atom is 0.300 e. The normalized spacial score (nSPS) is 11.6. The van der Waals surface area contributed by atoms with E-state index in [1.165, 1.54) is 0 Å². The van der Waals surface area contributed by atoms with Gasteiger partial charge in [0.25, 0.3) is 0 Å². The van der Waals surface area contributed by atoms with Crippen LogP contribution in [0.2, 0.25) is 0 Å². The first-order chi connectivity index (χ1) is 7.21. The minimum absolute atomic E-state index is 1.64. The maximum atomic E-state index is 12.9. The third-order valence-electron chi connectivity index (χ3n) is 1.56. The summed E-state index contributed by atoms with van der Waals surface area (Å²) in [6.45, 7) is 0. The van der Waals surface area contributed by atoms with E-state index in [-0.39, 0.29) is 0 Å². The molecular formula is C6H3F4NO4S. The molecule has 0 amide bonds. The first kappa shape index (κ1) is 12.7. The van der Waals surface area contributed by atoms with Crippen LogP contribution in [-0.2, 0) is 10.1 Å². The quantitative estimate of drug-likeness (QED) is 0.355. The lowest BCUT2D eigenvalue weighted by atomic mass is 10.3. The summed E-state index contributed by atoms with van der Waals surface area (Å²) in [5.41, 5.74) is 0. The van der Waals surface area contributed by atoms with Gasteiger partial charge in [0.2, 0.25) is 17.4 Å². The van der Waals surface area contributed by atoms with Crippen molar-refractivity contribution in [3.63, 3.8) is 0 Å². The Labute approximate surface area is 86.1 Å². The predicted molar refractivity (Wildman–Crippen MR) is 40.9 cm³/mol. The standard InChI is InChI=1S/C6H3F4NO4S/c7-1-3(9)6(16(12,13)14)4(10)2(8)5(1)15-11/h11H2,(H,12,13,14). The van der Waals surface area contributed by atoms with Crippen molar-refractivity contribution in [1.29, 1.82) is 0 Å². The van der Waals surface area contributed by atoms with E-state index in [2.05, 4.69) is 10.7 Å². The van der Waals surface area contributed by atoms with Crippen LogP contribution >= 0.6 is 0 Å². The molecule has 16 heavy (non-hydrogen) atoms. The first-order valence-electron chi connectivity index (χ1n) is 3.42. The molecule has 0 saturated carbocycles. The molecule has 0 fully saturated rings. The molecule has 10 heteroatoms. The number of nitrogens with two attached hydrogens (primary N) is 1. The highest BCUT2D eigenvalue weighted by Gasteiger charge is 2.33. The second-order valence-electron chi connectivity index (χ2n) is 2.51. The van der Waals surface area contributed by atoms with Gasteiger partial charge in [-0.05, 0) is 0 Å². The summed E-state index contributed by atoms with van der Waals surface area (Å²) in [4.78, 5) is 1.35. The van der Waals surface area contributed by atoms with Crippen LogP contribution in [0.4, 0.5) is 17.6 Å². The summed E-state index contributed by atoms with van der Waals surface area (Å²) < 4.78 is 80.8. The molecule has 0 aliphatic rings. The van der Waals surface area contributed by atoms with Crippen molar-refractivity contribution in [1.82, 2.24) is 0 Å². The van der Waals surface area contributed by atoms with Gasteiger partial charge in [0.15, 0.2) is 16.5 Å². The fraction of sp³-hybridized carbons (Fsp3) is 0. The molecule has 3 N–H and O–H groups in total. The molecule has 0 radical (unpaired) electrons. The molecule has 0 aromatic heterocycles. The Morgan fingerprint density at radius 2 is 1.38 bits per heavy atom. The van der Waals surface area contributed by atoms with Gasteiger partial charge in [0.1, 0.15) is 0 Å². The molecule has 0 unspecified atom stereocenters. The summed E-state index contributed by atoms with van der Waals surface area (Å²) in [6, 6.07) is 0. The smallest absolute Gasteiger partial charge is 0.300 e. The molecule has 1 aromatic carbocycles. The van der Waals surface area contributed by atoms with Gasteiger partial charge in [0.05, 0.1) is 0 Å². The minimum Gasteiger partial charge on any atom is -0.405 e. The molecule has 0 bridgehead atoms. The van der Waals surface area contributed by atoms with Crippen molar-refractivity contribution < 1.29 is 35.4 Å². The van der Waals surface area contributed by atoms with E-state index in [9.17, 15) is 26.0 Å². The summed E-state index contributed by atoms with van der Waals surface area (Å²) in [5, 5.41) is 0. The molecule has 1 aromatic rings. The van der Waals surface area contributed by atoms with Gasteiger partial charge < -0.3 is 4.84 Å². The molecule has 90 valence electrons. The molecule has 5 nitrogen and oxygen atoms in total. The Kier molecular flexibility index (Phi) is 3.08. The van der Waals surface area contributed by atoms with Gasteiger partial charge >= 0.3 is 10.1 Å². The summed E-state index contributed by atoms with van der Waals surface area (Å²) in [5.74, 6) is -6.32. The van der Waals surface area contributed by atoms with Crippen molar-refractivity contribution in [3.05, 3.63) is 23.3 Å². The van der Waals surface area contributed by atoms with Gasteiger partial charge in [-0.25, -0.2) is 8.78 Å². The predicted octanol–water partition coefficient (Wildman–Crippen LogP) is 0.742. The van der Waals surface area contributed by atoms with E-state index < -0.39 is 44.0 Å². The highest BCUT2D eigenvalue weighted by molar-refractivity contribution is 7.85. The molecule has 0 saturated heterocycles. The zero-order valence-corrected chi connectivity index (χ0v) is 7.99. The molecule has 0 aliphatic carbocycles. The van der Waals surface area contributed by atoms with Gasteiger partial charge in [-0.2, -0.15) is 23.1 Å². The lowest BCUT2D eigenvalue weighted by Gasteiger charge is -2.07. The van der Waals surface area contributed by atoms with E-state index >= 15 is 0 Å². The largest absolute Gasteiger partial charge is 0.405 e. The van der Waals surface area contributed by atoms with Crippen LogP contribution in [-0.4, -0.2) is 13.0 Å². The first-order valence-corrected chi connectivity index (χ1v) is 4.86. The van der Waals surface area contributed by atoms with Crippen molar-refractivity contribution in [2.24, 2.45) is 5.90 Å². The van der Waals surface area contributed by atoms with Crippen LogP contribution in [0, 0.1) is 23.3 Å². The van der Waals surface area contributed by atoms with Gasteiger partial charge in [-0.3, -0.25) is 4.55 Å². The highest BCUT2D eigenvalue weighted by Crippen LogP contribution is 2.31. The van der Waals surface area contributed by atoms with Gasteiger partial charge in [-0.15, -0.1) is 0 Å². The number of hydrogen-bond acceptors (Lipinski definition) is 4. The van der Waals surface area contributed by atoms with Crippen molar-refractivity contribution in [2.75, 3.05) is 0 Å². The maximum absolute atomic E-state index is 12.9. The van der Waals surface area contributed by atoms with Crippen molar-refractivity contribution >= 4 is 10.1 Å². The molecule has 0 heterocycles. The van der Waals surface area contributed by atoms with Crippen molar-refractivity contribution in [3.8, 4) is 5.75 Å². The minimum atomic E-state index is -5.46. The number of rotatable bonds is 2. The third kappa shape index (κ3) is 1.81. The van der Waals surface area contributed by atoms with Crippen LogP contribution < -0.4 is 10.7 Å². The zero-order valence-electron chi connectivity index (χ0n) is 7.17. The topological polar surface area (TPSA) is 89.6 Å². The number of hydrogen-bond donors (Lipinski definition) is 2. The fourth-order valence-corrected chi connectivity index (χ4v) is 1.55. The Hall–Kier alpha value is -1.39. The Balaban J connectivity index is 3.82. The summed E-state index contributed by atoms with van der Waals surface area (Å²) in [6.07, 6.45) is 0. The van der Waals surface area contributed by atoms with Crippen molar-refractivity contribution in [2.45, 2.75) is 4.90 Å². The average molecular weight is 261 g/mol. The van der Waals surface area contributed by atoms with Gasteiger partial charge in [-0.1, -0.05) is 0 Å². The summed E-state index contributed by atoms with van der Waals surface area (Å²) >= 11 is 0. The van der Waals surface area contributed by atoms with Crippen LogP contribution in [0.3, 0.4) is 0 Å². The molecular weight excluding hydrogens is 258 g/mol. The lowest BCUT2D eigenvalue weighted by molar-refractivity contribution is 0.275. The SMILES string of the molecule is NOc1c(F)c(F)c(S(=O)(=O)O)c(F)c1F. The van der Waals surface area contributed by atoms with Crippen LogP contribution in [0.15, 0.2) is 4.90 Å². The third-order valence-corrected chi connectivity index (χ3v) is 2.43. The van der Waals surface area contributed by atoms with E-state index in [4.69, 9.17) is 4.55 Å². The lowest BCUT2D eigenvalue weighted by Crippen LogP contribution is -2.14. The zero-order chi connectivity index (χ0) is 12.7. The number of halogens is 4. The molecule has 1 rings (SSSR count). The van der Waals surface area contributed by atoms with Crippen LogP contribution in [0.5, 0.6) is 5.75 Å². The number of benzene rings is 1. The fourth-order valence-electron chi connectivity index (χ4n) is 0.921. The van der Waals surface area contributed by atoms with E-state index in [1.54, 1.807) is 0 Å². The van der Waals surface area contributed by atoms with E-state index in [0.29, 0.717) is 0 Å².